The first kappa shape index (κ1) is 18.9. The lowest BCUT2D eigenvalue weighted by atomic mass is 10.1. The van der Waals surface area contributed by atoms with E-state index in [1.54, 1.807) is 0 Å². The zero-order valence-corrected chi connectivity index (χ0v) is 16.8. The summed E-state index contributed by atoms with van der Waals surface area (Å²) in [4.78, 5) is 7.45. The van der Waals surface area contributed by atoms with Gasteiger partial charge in [0.1, 0.15) is 0 Å². The van der Waals surface area contributed by atoms with Crippen LogP contribution in [0, 0.1) is 6.42 Å². The van der Waals surface area contributed by atoms with E-state index in [2.05, 4.69) is 33.3 Å². The second-order valence-corrected chi connectivity index (χ2v) is 8.22. The number of benzene rings is 2. The van der Waals surface area contributed by atoms with Gasteiger partial charge >= 0.3 is 0 Å². The Bertz CT molecular complexity index is 772. The van der Waals surface area contributed by atoms with Gasteiger partial charge in [0, 0.05) is 61.9 Å². The van der Waals surface area contributed by atoms with E-state index >= 15 is 0 Å². The van der Waals surface area contributed by atoms with Gasteiger partial charge in [0.15, 0.2) is 0 Å². The van der Waals surface area contributed by atoms with Gasteiger partial charge in [-0.1, -0.05) is 35.3 Å². The molecule has 0 bridgehead atoms. The summed E-state index contributed by atoms with van der Waals surface area (Å²) in [7, 11) is 0. The van der Waals surface area contributed by atoms with Crippen LogP contribution in [0.1, 0.15) is 5.56 Å². The minimum atomic E-state index is 0.484. The van der Waals surface area contributed by atoms with Crippen molar-refractivity contribution in [2.75, 3.05) is 49.9 Å². The van der Waals surface area contributed by atoms with E-state index < -0.39 is 0 Å². The van der Waals surface area contributed by atoms with Crippen molar-refractivity contribution < 1.29 is 0 Å². The average molecular weight is 404 g/mol. The highest BCUT2D eigenvalue weighted by molar-refractivity contribution is 6.31. The predicted molar refractivity (Wildman–Crippen MR) is 114 cm³/mol. The van der Waals surface area contributed by atoms with E-state index in [0.717, 1.165) is 62.2 Å². The lowest BCUT2D eigenvalue weighted by Gasteiger charge is -2.38. The van der Waals surface area contributed by atoms with Crippen LogP contribution in [0.5, 0.6) is 0 Å². The normalized spacial score (nSPS) is 21.7. The van der Waals surface area contributed by atoms with Gasteiger partial charge in [-0.05, 0) is 42.3 Å². The smallest absolute Gasteiger partial charge is 0.0601 e. The quantitative estimate of drug-likeness (QED) is 0.787. The van der Waals surface area contributed by atoms with Crippen LogP contribution in [-0.4, -0.2) is 55.1 Å². The van der Waals surface area contributed by atoms with Gasteiger partial charge in [-0.3, -0.25) is 9.80 Å². The number of nitrogens with zero attached hydrogens (tertiary/aromatic N) is 3. The lowest BCUT2D eigenvalue weighted by Crippen LogP contribution is -2.50. The third kappa shape index (κ3) is 4.52. The number of nitrogen functional groups attached to an aromatic ring is 1. The van der Waals surface area contributed by atoms with Crippen molar-refractivity contribution >= 4 is 34.6 Å². The van der Waals surface area contributed by atoms with Gasteiger partial charge in [-0.25, -0.2) is 0 Å². The zero-order valence-electron chi connectivity index (χ0n) is 15.3. The molecule has 1 radical (unpaired) electrons. The van der Waals surface area contributed by atoms with Gasteiger partial charge in [-0.2, -0.15) is 0 Å². The minimum Gasteiger partial charge on any atom is -0.397 e. The second kappa shape index (κ2) is 8.27. The fourth-order valence-electron chi connectivity index (χ4n) is 4.00. The van der Waals surface area contributed by atoms with Crippen LogP contribution in [0.25, 0.3) is 0 Å². The van der Waals surface area contributed by atoms with E-state index in [9.17, 15) is 0 Å². The summed E-state index contributed by atoms with van der Waals surface area (Å²) in [5, 5.41) is 1.49. The van der Waals surface area contributed by atoms with Crippen molar-refractivity contribution in [3.8, 4) is 0 Å². The van der Waals surface area contributed by atoms with Crippen molar-refractivity contribution in [1.29, 1.82) is 0 Å². The summed E-state index contributed by atoms with van der Waals surface area (Å²) >= 11 is 12.0. The Balaban J connectivity index is 1.29. The molecule has 2 N–H and O–H groups in total. The fraction of sp³-hybridized carbons (Fsp3) is 0.381. The van der Waals surface area contributed by atoms with Crippen molar-refractivity contribution in [1.82, 2.24) is 9.80 Å². The Morgan fingerprint density at radius 2 is 1.63 bits per heavy atom. The first-order valence-corrected chi connectivity index (χ1v) is 10.2. The molecule has 2 aromatic rings. The molecule has 2 saturated heterocycles. The molecule has 0 aromatic heterocycles. The first-order valence-electron chi connectivity index (χ1n) is 9.42. The Hall–Kier alpha value is -1.46. The maximum Gasteiger partial charge on any atom is 0.0601 e. The molecule has 143 valence electrons. The molecule has 2 fully saturated rings. The van der Waals surface area contributed by atoms with Gasteiger partial charge in [-0.15, -0.1) is 0 Å². The summed E-state index contributed by atoms with van der Waals surface area (Å²) in [6.07, 6.45) is 2.41. The van der Waals surface area contributed by atoms with E-state index in [1.807, 2.05) is 30.3 Å². The molecule has 2 aliphatic heterocycles. The molecule has 6 heteroatoms. The number of halogens is 2. The van der Waals surface area contributed by atoms with Gasteiger partial charge in [0.25, 0.3) is 0 Å². The molecule has 1 atom stereocenters. The highest BCUT2D eigenvalue weighted by Gasteiger charge is 2.31. The Morgan fingerprint density at radius 3 is 2.33 bits per heavy atom. The summed E-state index contributed by atoms with van der Waals surface area (Å²) < 4.78 is 0. The van der Waals surface area contributed by atoms with Crippen LogP contribution < -0.4 is 10.6 Å². The monoisotopic (exact) mass is 403 g/mol. The summed E-state index contributed by atoms with van der Waals surface area (Å²) in [6, 6.07) is 14.4. The Morgan fingerprint density at radius 1 is 0.926 bits per heavy atom. The van der Waals surface area contributed by atoms with Crippen molar-refractivity contribution in [2.45, 2.75) is 12.6 Å². The van der Waals surface area contributed by atoms with Crippen LogP contribution in [0.2, 0.25) is 10.0 Å². The lowest BCUT2D eigenvalue weighted by molar-refractivity contribution is 0.108. The van der Waals surface area contributed by atoms with Gasteiger partial charge < -0.3 is 10.6 Å². The molecule has 2 aromatic carbocycles. The molecule has 0 saturated carbocycles. The maximum atomic E-state index is 6.16. The van der Waals surface area contributed by atoms with Crippen LogP contribution in [-0.2, 0) is 6.54 Å². The van der Waals surface area contributed by atoms with E-state index in [1.165, 1.54) is 5.56 Å². The number of anilines is 2. The molecule has 1 unspecified atom stereocenters. The molecular weight excluding hydrogens is 379 g/mol. The summed E-state index contributed by atoms with van der Waals surface area (Å²) in [5.41, 5.74) is 9.32. The van der Waals surface area contributed by atoms with Crippen molar-refractivity contribution in [3.63, 3.8) is 0 Å². The third-order valence-electron chi connectivity index (χ3n) is 5.53. The first-order chi connectivity index (χ1) is 13.1. The molecule has 4 nitrogen and oxygen atoms in total. The molecule has 27 heavy (non-hydrogen) atoms. The number of piperazine rings is 1. The molecule has 0 amide bonds. The maximum absolute atomic E-state index is 6.16. The van der Waals surface area contributed by atoms with Gasteiger partial charge in [0.2, 0.25) is 0 Å². The molecular formula is C21H25Cl2N4. The van der Waals surface area contributed by atoms with Crippen molar-refractivity contribution in [3.05, 3.63) is 64.5 Å². The van der Waals surface area contributed by atoms with E-state index in [0.29, 0.717) is 11.1 Å². The minimum absolute atomic E-state index is 0.484. The van der Waals surface area contributed by atoms with Crippen molar-refractivity contribution in [2.24, 2.45) is 0 Å². The van der Waals surface area contributed by atoms with Crippen LogP contribution in [0.15, 0.2) is 42.5 Å². The van der Waals surface area contributed by atoms with Crippen LogP contribution >= 0.6 is 23.2 Å². The third-order valence-corrected chi connectivity index (χ3v) is 6.02. The molecule has 2 heterocycles. The standard InChI is InChI=1S/C21H25Cl2N4/c22-17-3-1-16(2-4-17)14-25-9-11-26(12-10-25)19-7-8-27(15-19)21-6-5-18(23)13-20(21)24/h1-7,13,19H,8-12,14-15,24H2. The summed E-state index contributed by atoms with van der Waals surface area (Å²) in [6.45, 7) is 7.29. The van der Waals surface area contributed by atoms with Crippen LogP contribution in [0.4, 0.5) is 11.4 Å². The Kier molecular flexibility index (Phi) is 5.79. The highest BCUT2D eigenvalue weighted by atomic mass is 35.5. The number of nitrogens with two attached hydrogens (primary N) is 1. The number of hydrogen-bond acceptors (Lipinski definition) is 4. The van der Waals surface area contributed by atoms with Gasteiger partial charge in [0.05, 0.1) is 11.4 Å². The molecule has 0 spiro atoms. The highest BCUT2D eigenvalue weighted by Crippen LogP contribution is 2.30. The van der Waals surface area contributed by atoms with Crippen LogP contribution in [0.3, 0.4) is 0 Å². The molecule has 4 rings (SSSR count). The number of rotatable bonds is 4. The largest absolute Gasteiger partial charge is 0.397 e. The van der Waals surface area contributed by atoms with E-state index in [-0.39, 0.29) is 0 Å². The second-order valence-electron chi connectivity index (χ2n) is 7.35. The zero-order chi connectivity index (χ0) is 18.8. The number of hydrogen-bond donors (Lipinski definition) is 1. The average Bonchev–Trinajstić information content (AvgIpc) is 3.14. The SMILES string of the molecule is Nc1cc(Cl)ccc1N1C[CH]C(N2CCN(Cc3ccc(Cl)cc3)CC2)C1. The predicted octanol–water partition coefficient (Wildman–Crippen LogP) is 3.79. The molecule has 0 aliphatic carbocycles. The topological polar surface area (TPSA) is 35.7 Å². The molecule has 2 aliphatic rings. The van der Waals surface area contributed by atoms with E-state index in [4.69, 9.17) is 28.9 Å². The Labute approximate surface area is 171 Å². The summed E-state index contributed by atoms with van der Waals surface area (Å²) in [5.74, 6) is 0. The fourth-order valence-corrected chi connectivity index (χ4v) is 4.31.